The number of carbonyl (C=O) groups excluding carboxylic acids is 1. The Bertz CT molecular complexity index is 304. The number of unbranched alkanes of at least 4 members (excludes halogenated alkanes) is 1. The average molecular weight is 295 g/mol. The fourth-order valence-electron chi connectivity index (χ4n) is 4.22. The van der Waals surface area contributed by atoms with E-state index in [1.807, 2.05) is 4.90 Å². The normalized spacial score (nSPS) is 27.0. The molecule has 2 rings (SSSR count). The van der Waals surface area contributed by atoms with E-state index in [0.717, 1.165) is 31.6 Å². The van der Waals surface area contributed by atoms with Crippen molar-refractivity contribution in [3.63, 3.8) is 0 Å². The zero-order valence-electron chi connectivity index (χ0n) is 13.7. The molecule has 0 aromatic heterocycles. The van der Waals surface area contributed by atoms with Crippen LogP contribution in [0.4, 0.5) is 0 Å². The van der Waals surface area contributed by atoms with Crippen LogP contribution in [0, 0.1) is 11.8 Å². The monoisotopic (exact) mass is 295 g/mol. The van der Waals surface area contributed by atoms with Gasteiger partial charge in [0.15, 0.2) is 0 Å². The minimum atomic E-state index is 0.105. The SMILES string of the molecule is CCCCC1CCC(C(=O)N(CCO)C2CCCC2)CC1. The second kappa shape index (κ2) is 8.77. The van der Waals surface area contributed by atoms with Gasteiger partial charge in [-0.2, -0.15) is 0 Å². The molecular formula is C18H33NO2. The quantitative estimate of drug-likeness (QED) is 0.777. The van der Waals surface area contributed by atoms with Gasteiger partial charge in [-0.25, -0.2) is 0 Å². The number of aliphatic hydroxyl groups excluding tert-OH is 1. The third-order valence-corrected chi connectivity index (χ3v) is 5.55. The van der Waals surface area contributed by atoms with Crippen LogP contribution >= 0.6 is 0 Å². The summed E-state index contributed by atoms with van der Waals surface area (Å²) >= 11 is 0. The number of aliphatic hydroxyl groups is 1. The van der Waals surface area contributed by atoms with Gasteiger partial charge in [0.05, 0.1) is 6.61 Å². The van der Waals surface area contributed by atoms with E-state index in [4.69, 9.17) is 0 Å². The molecule has 0 unspecified atom stereocenters. The molecule has 0 aromatic carbocycles. The van der Waals surface area contributed by atoms with Crippen LogP contribution in [0.1, 0.15) is 77.6 Å². The van der Waals surface area contributed by atoms with E-state index in [1.165, 1.54) is 44.9 Å². The molecule has 122 valence electrons. The van der Waals surface area contributed by atoms with Crippen molar-refractivity contribution in [1.82, 2.24) is 4.90 Å². The molecule has 1 N–H and O–H groups in total. The van der Waals surface area contributed by atoms with Gasteiger partial charge in [-0.3, -0.25) is 4.79 Å². The van der Waals surface area contributed by atoms with Crippen molar-refractivity contribution < 1.29 is 9.90 Å². The molecule has 2 saturated carbocycles. The van der Waals surface area contributed by atoms with Crippen LogP contribution < -0.4 is 0 Å². The minimum absolute atomic E-state index is 0.105. The van der Waals surface area contributed by atoms with E-state index in [1.54, 1.807) is 0 Å². The number of hydrogen-bond acceptors (Lipinski definition) is 2. The summed E-state index contributed by atoms with van der Waals surface area (Å²) in [6.07, 6.45) is 13.3. The van der Waals surface area contributed by atoms with Gasteiger partial charge in [0.1, 0.15) is 0 Å². The Morgan fingerprint density at radius 2 is 1.76 bits per heavy atom. The first-order valence-electron chi connectivity index (χ1n) is 9.17. The number of amides is 1. The molecule has 0 spiro atoms. The lowest BCUT2D eigenvalue weighted by Gasteiger charge is -2.35. The molecule has 2 fully saturated rings. The Kier molecular flexibility index (Phi) is 7.01. The Labute approximate surface area is 130 Å². The van der Waals surface area contributed by atoms with E-state index in [9.17, 15) is 9.90 Å². The van der Waals surface area contributed by atoms with E-state index < -0.39 is 0 Å². The average Bonchev–Trinajstić information content (AvgIpc) is 3.04. The lowest BCUT2D eigenvalue weighted by atomic mass is 9.79. The lowest BCUT2D eigenvalue weighted by Crippen LogP contribution is -2.44. The Balaban J connectivity index is 1.83. The van der Waals surface area contributed by atoms with Crippen molar-refractivity contribution in [2.45, 2.75) is 83.6 Å². The van der Waals surface area contributed by atoms with Crippen molar-refractivity contribution in [2.24, 2.45) is 11.8 Å². The van der Waals surface area contributed by atoms with Crippen LogP contribution in [-0.2, 0) is 4.79 Å². The van der Waals surface area contributed by atoms with Crippen molar-refractivity contribution in [1.29, 1.82) is 0 Å². The predicted octanol–water partition coefficient (Wildman–Crippen LogP) is 3.75. The van der Waals surface area contributed by atoms with E-state index in [-0.39, 0.29) is 12.5 Å². The van der Waals surface area contributed by atoms with E-state index in [0.29, 0.717) is 18.5 Å². The summed E-state index contributed by atoms with van der Waals surface area (Å²) in [5.41, 5.74) is 0. The summed E-state index contributed by atoms with van der Waals surface area (Å²) < 4.78 is 0. The molecule has 0 atom stereocenters. The molecule has 3 heteroatoms. The van der Waals surface area contributed by atoms with E-state index >= 15 is 0 Å². The van der Waals surface area contributed by atoms with Gasteiger partial charge in [0.2, 0.25) is 5.91 Å². The van der Waals surface area contributed by atoms with Crippen LogP contribution in [0.5, 0.6) is 0 Å². The molecular weight excluding hydrogens is 262 g/mol. The highest BCUT2D eigenvalue weighted by Crippen LogP contribution is 2.34. The highest BCUT2D eigenvalue weighted by atomic mass is 16.3. The maximum absolute atomic E-state index is 12.8. The van der Waals surface area contributed by atoms with E-state index in [2.05, 4.69) is 6.92 Å². The van der Waals surface area contributed by atoms with Gasteiger partial charge in [-0.1, -0.05) is 39.0 Å². The van der Waals surface area contributed by atoms with Crippen LogP contribution in [0.2, 0.25) is 0 Å². The fraction of sp³-hybridized carbons (Fsp3) is 0.944. The molecule has 2 aliphatic carbocycles. The van der Waals surface area contributed by atoms with Crippen LogP contribution in [-0.4, -0.2) is 35.1 Å². The fourth-order valence-corrected chi connectivity index (χ4v) is 4.22. The molecule has 0 radical (unpaired) electrons. The number of rotatable bonds is 7. The summed E-state index contributed by atoms with van der Waals surface area (Å²) in [6.45, 7) is 2.90. The number of hydrogen-bond donors (Lipinski definition) is 1. The molecule has 1 amide bonds. The number of nitrogens with zero attached hydrogens (tertiary/aromatic N) is 1. The second-order valence-corrected chi connectivity index (χ2v) is 7.05. The van der Waals surface area contributed by atoms with Crippen molar-refractivity contribution in [3.8, 4) is 0 Å². The maximum Gasteiger partial charge on any atom is 0.226 e. The first-order chi connectivity index (χ1) is 10.3. The molecule has 0 aromatic rings. The van der Waals surface area contributed by atoms with Crippen molar-refractivity contribution >= 4 is 5.91 Å². The first-order valence-corrected chi connectivity index (χ1v) is 9.17. The Morgan fingerprint density at radius 3 is 2.33 bits per heavy atom. The van der Waals surface area contributed by atoms with Crippen molar-refractivity contribution in [3.05, 3.63) is 0 Å². The third kappa shape index (κ3) is 4.70. The van der Waals surface area contributed by atoms with Gasteiger partial charge in [0.25, 0.3) is 0 Å². The van der Waals surface area contributed by atoms with Gasteiger partial charge in [-0.05, 0) is 44.4 Å². The summed E-state index contributed by atoms with van der Waals surface area (Å²) in [5.74, 6) is 1.42. The smallest absolute Gasteiger partial charge is 0.226 e. The molecule has 3 nitrogen and oxygen atoms in total. The topological polar surface area (TPSA) is 40.5 Å². The van der Waals surface area contributed by atoms with Gasteiger partial charge < -0.3 is 10.0 Å². The molecule has 0 bridgehead atoms. The predicted molar refractivity (Wildman–Crippen MR) is 86.0 cm³/mol. The zero-order valence-corrected chi connectivity index (χ0v) is 13.7. The van der Waals surface area contributed by atoms with Crippen molar-refractivity contribution in [2.75, 3.05) is 13.2 Å². The van der Waals surface area contributed by atoms with Crippen LogP contribution in [0.25, 0.3) is 0 Å². The number of carbonyl (C=O) groups is 1. The highest BCUT2D eigenvalue weighted by Gasteiger charge is 2.33. The molecule has 2 aliphatic rings. The highest BCUT2D eigenvalue weighted by molar-refractivity contribution is 5.79. The van der Waals surface area contributed by atoms with Crippen LogP contribution in [0.3, 0.4) is 0 Å². The standard InChI is InChI=1S/C18H33NO2/c1-2-3-6-15-9-11-16(12-10-15)18(21)19(13-14-20)17-7-4-5-8-17/h15-17,20H,2-14H2,1H3. The minimum Gasteiger partial charge on any atom is -0.395 e. The third-order valence-electron chi connectivity index (χ3n) is 5.55. The summed E-state index contributed by atoms with van der Waals surface area (Å²) in [7, 11) is 0. The van der Waals surface area contributed by atoms with Gasteiger partial charge in [-0.15, -0.1) is 0 Å². The zero-order chi connectivity index (χ0) is 15.1. The Morgan fingerprint density at radius 1 is 1.10 bits per heavy atom. The summed E-state index contributed by atoms with van der Waals surface area (Å²) in [6, 6.07) is 0.405. The van der Waals surface area contributed by atoms with Crippen LogP contribution in [0.15, 0.2) is 0 Å². The Hall–Kier alpha value is -0.570. The second-order valence-electron chi connectivity index (χ2n) is 7.05. The molecule has 21 heavy (non-hydrogen) atoms. The molecule has 0 aliphatic heterocycles. The molecule has 0 heterocycles. The lowest BCUT2D eigenvalue weighted by molar-refractivity contribution is -0.139. The molecule has 0 saturated heterocycles. The largest absolute Gasteiger partial charge is 0.395 e. The first kappa shape index (κ1) is 16.8. The maximum atomic E-state index is 12.8. The van der Waals surface area contributed by atoms with Gasteiger partial charge >= 0.3 is 0 Å². The summed E-state index contributed by atoms with van der Waals surface area (Å²) in [4.78, 5) is 14.8. The van der Waals surface area contributed by atoms with Gasteiger partial charge in [0, 0.05) is 18.5 Å². The summed E-state index contributed by atoms with van der Waals surface area (Å²) in [5, 5.41) is 9.29.